The molecule has 6 N–H and O–H groups in total. The normalized spacial score (nSPS) is 11.6. The van der Waals surface area contributed by atoms with E-state index in [0.29, 0.717) is 19.4 Å². The molecule has 0 unspecified atom stereocenters. The van der Waals surface area contributed by atoms with Crippen molar-refractivity contribution in [3.8, 4) is 0 Å². The number of aliphatic carboxylic acids is 1. The number of nitrogens with two attached hydrogens (primary N) is 1. The molecule has 0 aliphatic rings. The van der Waals surface area contributed by atoms with Crippen LogP contribution in [-0.4, -0.2) is 47.3 Å². The number of amides is 3. The predicted octanol–water partition coefficient (Wildman–Crippen LogP) is -1.61. The SMILES string of the molecule is NC(=O)CCCCNC(=O)NC[C@H](O)C(=O)O. The minimum Gasteiger partial charge on any atom is -0.479 e. The summed E-state index contributed by atoms with van der Waals surface area (Å²) in [5.41, 5.74) is 4.92. The molecule has 8 heteroatoms. The summed E-state index contributed by atoms with van der Waals surface area (Å²) in [7, 11) is 0. The van der Waals surface area contributed by atoms with Crippen LogP contribution in [0.1, 0.15) is 19.3 Å². The Morgan fingerprint density at radius 2 is 1.82 bits per heavy atom. The van der Waals surface area contributed by atoms with E-state index in [1.807, 2.05) is 0 Å². The van der Waals surface area contributed by atoms with Gasteiger partial charge in [-0.05, 0) is 12.8 Å². The first-order valence-corrected chi connectivity index (χ1v) is 5.14. The van der Waals surface area contributed by atoms with Gasteiger partial charge in [0.1, 0.15) is 0 Å². The van der Waals surface area contributed by atoms with Gasteiger partial charge in [0.2, 0.25) is 5.91 Å². The summed E-state index contributed by atoms with van der Waals surface area (Å²) in [6.45, 7) is -0.00919. The molecule has 1 atom stereocenters. The summed E-state index contributed by atoms with van der Waals surface area (Å²) in [6.07, 6.45) is -0.178. The molecule has 3 amide bonds. The minimum atomic E-state index is -1.62. The van der Waals surface area contributed by atoms with Gasteiger partial charge in [-0.25, -0.2) is 9.59 Å². The lowest BCUT2D eigenvalue weighted by molar-refractivity contribution is -0.146. The summed E-state index contributed by atoms with van der Waals surface area (Å²) >= 11 is 0. The van der Waals surface area contributed by atoms with Gasteiger partial charge in [0.05, 0.1) is 6.54 Å². The van der Waals surface area contributed by atoms with Crippen LogP contribution in [-0.2, 0) is 9.59 Å². The molecule has 0 aromatic rings. The molecule has 0 spiro atoms. The lowest BCUT2D eigenvalue weighted by atomic mass is 10.2. The van der Waals surface area contributed by atoms with Gasteiger partial charge in [-0.3, -0.25) is 4.79 Å². The van der Waals surface area contributed by atoms with Crippen LogP contribution in [0.15, 0.2) is 0 Å². The van der Waals surface area contributed by atoms with Crippen LogP contribution in [0.25, 0.3) is 0 Å². The summed E-state index contributed by atoms with van der Waals surface area (Å²) in [4.78, 5) is 31.6. The Kier molecular flexibility index (Phi) is 7.44. The first kappa shape index (κ1) is 15.2. The fourth-order valence-corrected chi connectivity index (χ4v) is 0.965. The number of aliphatic hydroxyl groups excluding tert-OH is 1. The van der Waals surface area contributed by atoms with Gasteiger partial charge in [-0.2, -0.15) is 0 Å². The van der Waals surface area contributed by atoms with Crippen molar-refractivity contribution < 1.29 is 24.6 Å². The Morgan fingerprint density at radius 3 is 2.35 bits per heavy atom. The van der Waals surface area contributed by atoms with Gasteiger partial charge in [0.15, 0.2) is 6.10 Å². The van der Waals surface area contributed by atoms with E-state index in [1.165, 1.54) is 0 Å². The second kappa shape index (κ2) is 8.34. The van der Waals surface area contributed by atoms with Gasteiger partial charge in [-0.1, -0.05) is 0 Å². The minimum absolute atomic E-state index is 0.265. The number of aliphatic hydroxyl groups is 1. The van der Waals surface area contributed by atoms with Crippen molar-refractivity contribution >= 4 is 17.9 Å². The summed E-state index contributed by atoms with van der Waals surface area (Å²) in [6, 6.07) is -0.565. The van der Waals surface area contributed by atoms with E-state index in [9.17, 15) is 14.4 Å². The Labute approximate surface area is 98.2 Å². The van der Waals surface area contributed by atoms with E-state index in [1.54, 1.807) is 0 Å². The first-order chi connectivity index (χ1) is 7.93. The molecule has 0 aromatic carbocycles. The Hall–Kier alpha value is -1.83. The number of unbranched alkanes of at least 4 members (excludes halogenated alkanes) is 1. The van der Waals surface area contributed by atoms with E-state index in [0.717, 1.165) is 0 Å². The third-order valence-electron chi connectivity index (χ3n) is 1.88. The van der Waals surface area contributed by atoms with Crippen LogP contribution < -0.4 is 16.4 Å². The van der Waals surface area contributed by atoms with Crippen molar-refractivity contribution in [1.82, 2.24) is 10.6 Å². The lowest BCUT2D eigenvalue weighted by Gasteiger charge is -2.09. The van der Waals surface area contributed by atoms with E-state index >= 15 is 0 Å². The van der Waals surface area contributed by atoms with Crippen molar-refractivity contribution in [3.05, 3.63) is 0 Å². The molecule has 98 valence electrons. The van der Waals surface area contributed by atoms with Crippen LogP contribution >= 0.6 is 0 Å². The fourth-order valence-electron chi connectivity index (χ4n) is 0.965. The largest absolute Gasteiger partial charge is 0.479 e. The number of hydrogen-bond donors (Lipinski definition) is 5. The van der Waals surface area contributed by atoms with E-state index < -0.39 is 18.1 Å². The Morgan fingerprint density at radius 1 is 1.18 bits per heavy atom. The molecule has 17 heavy (non-hydrogen) atoms. The van der Waals surface area contributed by atoms with Gasteiger partial charge in [0.25, 0.3) is 0 Å². The fraction of sp³-hybridized carbons (Fsp3) is 0.667. The number of nitrogens with one attached hydrogen (secondary N) is 2. The molecule has 8 nitrogen and oxygen atoms in total. The Balaban J connectivity index is 3.47. The van der Waals surface area contributed by atoms with Crippen LogP contribution in [0, 0.1) is 0 Å². The third kappa shape index (κ3) is 9.12. The third-order valence-corrected chi connectivity index (χ3v) is 1.88. The second-order valence-corrected chi connectivity index (χ2v) is 3.41. The topological polar surface area (TPSA) is 142 Å². The number of carboxylic acids is 1. The zero-order valence-electron chi connectivity index (χ0n) is 9.31. The van der Waals surface area contributed by atoms with E-state index in [-0.39, 0.29) is 18.9 Å². The number of primary amides is 1. The van der Waals surface area contributed by atoms with Crippen molar-refractivity contribution in [2.45, 2.75) is 25.4 Å². The first-order valence-electron chi connectivity index (χ1n) is 5.14. The summed E-state index contributed by atoms with van der Waals surface area (Å²) in [5, 5.41) is 21.8. The maximum Gasteiger partial charge on any atom is 0.334 e. The molecule has 0 saturated heterocycles. The predicted molar refractivity (Wildman–Crippen MR) is 58.1 cm³/mol. The number of urea groups is 1. The lowest BCUT2D eigenvalue weighted by Crippen LogP contribution is -2.42. The number of rotatable bonds is 8. The maximum absolute atomic E-state index is 11.0. The number of carbonyl (C=O) groups excluding carboxylic acids is 2. The molecular weight excluding hydrogens is 230 g/mol. The molecule has 0 aliphatic carbocycles. The second-order valence-electron chi connectivity index (χ2n) is 3.41. The highest BCUT2D eigenvalue weighted by molar-refractivity contribution is 5.76. The van der Waals surface area contributed by atoms with Gasteiger partial charge in [-0.15, -0.1) is 0 Å². The Bertz CT molecular complexity index is 282. The van der Waals surface area contributed by atoms with Crippen molar-refractivity contribution in [1.29, 1.82) is 0 Å². The molecule has 0 radical (unpaired) electrons. The molecule has 0 bridgehead atoms. The van der Waals surface area contributed by atoms with E-state index in [2.05, 4.69) is 10.6 Å². The molecule has 0 saturated carbocycles. The van der Waals surface area contributed by atoms with Crippen LogP contribution in [0.3, 0.4) is 0 Å². The molecule has 0 fully saturated rings. The number of carboxylic acid groups (broad SMARTS) is 1. The molecular formula is C9H17N3O5. The smallest absolute Gasteiger partial charge is 0.334 e. The number of carbonyl (C=O) groups is 3. The van der Waals surface area contributed by atoms with Crippen LogP contribution in [0.4, 0.5) is 4.79 Å². The maximum atomic E-state index is 11.0. The van der Waals surface area contributed by atoms with Gasteiger partial charge < -0.3 is 26.6 Å². The molecule has 0 rings (SSSR count). The average molecular weight is 247 g/mol. The number of hydrogen-bond acceptors (Lipinski definition) is 4. The standard InChI is InChI=1S/C9H17N3O5/c10-7(14)3-1-2-4-11-9(17)12-5-6(13)8(15)16/h6,13H,1-5H2,(H2,10,14)(H,15,16)(H2,11,12,17)/t6-/m0/s1. The van der Waals surface area contributed by atoms with Crippen molar-refractivity contribution in [2.75, 3.05) is 13.1 Å². The van der Waals surface area contributed by atoms with Gasteiger partial charge in [0, 0.05) is 13.0 Å². The monoisotopic (exact) mass is 247 g/mol. The van der Waals surface area contributed by atoms with Gasteiger partial charge >= 0.3 is 12.0 Å². The highest BCUT2D eigenvalue weighted by atomic mass is 16.4. The highest BCUT2D eigenvalue weighted by Crippen LogP contribution is 1.92. The average Bonchev–Trinajstić information content (AvgIpc) is 2.24. The quantitative estimate of drug-likeness (QED) is 0.328. The van der Waals surface area contributed by atoms with Crippen molar-refractivity contribution in [2.24, 2.45) is 5.73 Å². The van der Waals surface area contributed by atoms with Crippen molar-refractivity contribution in [3.63, 3.8) is 0 Å². The van der Waals surface area contributed by atoms with Crippen LogP contribution in [0.2, 0.25) is 0 Å². The molecule has 0 heterocycles. The highest BCUT2D eigenvalue weighted by Gasteiger charge is 2.13. The molecule has 0 aromatic heterocycles. The van der Waals surface area contributed by atoms with E-state index in [4.69, 9.17) is 15.9 Å². The zero-order chi connectivity index (χ0) is 13.3. The summed E-state index contributed by atoms with van der Waals surface area (Å²) < 4.78 is 0. The zero-order valence-corrected chi connectivity index (χ0v) is 9.31. The summed E-state index contributed by atoms with van der Waals surface area (Å²) in [5.74, 6) is -1.79. The molecule has 0 aliphatic heterocycles. The van der Waals surface area contributed by atoms with Crippen LogP contribution in [0.5, 0.6) is 0 Å².